The molecule has 0 aliphatic carbocycles. The highest BCUT2D eigenvalue weighted by Crippen LogP contribution is 2.17. The van der Waals surface area contributed by atoms with Gasteiger partial charge in [0.1, 0.15) is 5.75 Å². The van der Waals surface area contributed by atoms with E-state index < -0.39 is 0 Å². The first-order valence-corrected chi connectivity index (χ1v) is 7.39. The van der Waals surface area contributed by atoms with Gasteiger partial charge in [-0.15, -0.1) is 0 Å². The Labute approximate surface area is 122 Å². The van der Waals surface area contributed by atoms with E-state index >= 15 is 0 Å². The predicted octanol–water partition coefficient (Wildman–Crippen LogP) is 2.93. The van der Waals surface area contributed by atoms with Gasteiger partial charge in [-0.2, -0.15) is 0 Å². The highest BCUT2D eigenvalue weighted by atomic mass is 127. The Bertz CT molecular complexity index is 414. The van der Waals surface area contributed by atoms with Crippen LogP contribution in [-0.2, 0) is 4.79 Å². The smallest absolute Gasteiger partial charge is 0.260 e. The zero-order valence-electron chi connectivity index (χ0n) is 10.6. The summed E-state index contributed by atoms with van der Waals surface area (Å²) >= 11 is 2.23. The van der Waals surface area contributed by atoms with Crippen molar-refractivity contribution in [3.8, 4) is 5.75 Å². The van der Waals surface area contributed by atoms with Crippen LogP contribution in [-0.4, -0.2) is 30.5 Å². The molecule has 3 nitrogen and oxygen atoms in total. The molecule has 98 valence electrons. The van der Waals surface area contributed by atoms with Crippen molar-refractivity contribution in [3.05, 3.63) is 27.8 Å². The van der Waals surface area contributed by atoms with E-state index in [1.54, 1.807) is 0 Å². The summed E-state index contributed by atoms with van der Waals surface area (Å²) in [4.78, 5) is 13.9. The quantitative estimate of drug-likeness (QED) is 0.777. The van der Waals surface area contributed by atoms with Crippen molar-refractivity contribution in [1.29, 1.82) is 0 Å². The molecule has 0 spiro atoms. The third-order valence-corrected chi connectivity index (χ3v) is 3.97. The summed E-state index contributed by atoms with van der Waals surface area (Å²) in [7, 11) is 0. The molecule has 1 amide bonds. The van der Waals surface area contributed by atoms with E-state index in [0.717, 1.165) is 41.2 Å². The molecule has 1 aliphatic heterocycles. The average molecular weight is 359 g/mol. The van der Waals surface area contributed by atoms with Crippen molar-refractivity contribution in [2.24, 2.45) is 5.92 Å². The molecule has 0 saturated carbocycles. The molecule has 1 aliphatic rings. The number of hydrogen-bond acceptors (Lipinski definition) is 2. The minimum absolute atomic E-state index is 0.0979. The van der Waals surface area contributed by atoms with Crippen LogP contribution in [0.4, 0.5) is 0 Å². The second kappa shape index (κ2) is 6.41. The molecular weight excluding hydrogens is 341 g/mol. The Hall–Kier alpha value is -0.780. The summed E-state index contributed by atoms with van der Waals surface area (Å²) in [5.41, 5.74) is 0. The number of amides is 1. The van der Waals surface area contributed by atoms with E-state index in [1.807, 2.05) is 29.2 Å². The zero-order chi connectivity index (χ0) is 13.0. The van der Waals surface area contributed by atoms with Gasteiger partial charge in [-0.1, -0.05) is 13.0 Å². The molecule has 0 atom stereocenters. The molecule has 18 heavy (non-hydrogen) atoms. The first-order valence-electron chi connectivity index (χ1n) is 6.31. The molecule has 1 fully saturated rings. The van der Waals surface area contributed by atoms with Gasteiger partial charge in [0.15, 0.2) is 6.61 Å². The lowest BCUT2D eigenvalue weighted by molar-refractivity contribution is -0.134. The molecule has 1 aromatic rings. The van der Waals surface area contributed by atoms with E-state index in [0.29, 0.717) is 0 Å². The van der Waals surface area contributed by atoms with Crippen molar-refractivity contribution in [1.82, 2.24) is 4.90 Å². The van der Waals surface area contributed by atoms with Gasteiger partial charge >= 0.3 is 0 Å². The molecule has 0 N–H and O–H groups in total. The van der Waals surface area contributed by atoms with Crippen LogP contribution in [0.2, 0.25) is 0 Å². The van der Waals surface area contributed by atoms with Crippen LogP contribution in [0.5, 0.6) is 5.75 Å². The zero-order valence-corrected chi connectivity index (χ0v) is 12.7. The number of halogens is 1. The van der Waals surface area contributed by atoms with Gasteiger partial charge in [-0.05, 0) is 59.5 Å². The Balaban J connectivity index is 1.81. The molecule has 1 aromatic carbocycles. The van der Waals surface area contributed by atoms with Crippen LogP contribution in [0.1, 0.15) is 19.8 Å². The maximum atomic E-state index is 12.0. The van der Waals surface area contributed by atoms with Gasteiger partial charge < -0.3 is 9.64 Å². The molecule has 2 rings (SSSR count). The van der Waals surface area contributed by atoms with Crippen molar-refractivity contribution in [2.75, 3.05) is 19.7 Å². The highest BCUT2D eigenvalue weighted by molar-refractivity contribution is 14.1. The molecule has 1 saturated heterocycles. The maximum absolute atomic E-state index is 12.0. The minimum atomic E-state index is 0.0979. The third kappa shape index (κ3) is 3.86. The average Bonchev–Trinajstić information content (AvgIpc) is 2.37. The summed E-state index contributed by atoms with van der Waals surface area (Å²) in [5.74, 6) is 1.60. The largest absolute Gasteiger partial charge is 0.484 e. The lowest BCUT2D eigenvalue weighted by Gasteiger charge is -2.30. The fourth-order valence-electron chi connectivity index (χ4n) is 2.05. The Morgan fingerprint density at radius 3 is 2.83 bits per heavy atom. The minimum Gasteiger partial charge on any atom is -0.484 e. The monoisotopic (exact) mass is 359 g/mol. The Morgan fingerprint density at radius 1 is 1.44 bits per heavy atom. The normalized spacial score (nSPS) is 16.7. The van der Waals surface area contributed by atoms with Gasteiger partial charge in [-0.3, -0.25) is 4.79 Å². The molecule has 0 bridgehead atoms. The van der Waals surface area contributed by atoms with Crippen LogP contribution in [0, 0.1) is 9.49 Å². The van der Waals surface area contributed by atoms with E-state index in [2.05, 4.69) is 29.5 Å². The molecule has 1 heterocycles. The van der Waals surface area contributed by atoms with Gasteiger partial charge in [0, 0.05) is 16.7 Å². The number of likely N-dealkylation sites (tertiary alicyclic amines) is 1. The van der Waals surface area contributed by atoms with E-state index in [1.165, 1.54) is 0 Å². The molecule has 0 unspecified atom stereocenters. The number of piperidine rings is 1. The molecule has 0 radical (unpaired) electrons. The second-order valence-electron chi connectivity index (χ2n) is 4.81. The first-order chi connectivity index (χ1) is 8.65. The van der Waals surface area contributed by atoms with Crippen molar-refractivity contribution in [2.45, 2.75) is 19.8 Å². The number of hydrogen-bond donors (Lipinski definition) is 0. The standard InChI is InChI=1S/C14H18INO2/c1-11-5-7-16(8-6-11)14(17)10-18-13-4-2-3-12(15)9-13/h2-4,9,11H,5-8,10H2,1H3. The predicted molar refractivity (Wildman–Crippen MR) is 79.6 cm³/mol. The first kappa shape index (κ1) is 13.6. The highest BCUT2D eigenvalue weighted by Gasteiger charge is 2.20. The lowest BCUT2D eigenvalue weighted by Crippen LogP contribution is -2.40. The van der Waals surface area contributed by atoms with Crippen molar-refractivity contribution < 1.29 is 9.53 Å². The number of rotatable bonds is 3. The second-order valence-corrected chi connectivity index (χ2v) is 6.05. The van der Waals surface area contributed by atoms with Crippen LogP contribution in [0.3, 0.4) is 0 Å². The summed E-state index contributed by atoms with van der Waals surface area (Å²) in [5, 5.41) is 0. The fourth-order valence-corrected chi connectivity index (χ4v) is 2.57. The maximum Gasteiger partial charge on any atom is 0.260 e. The van der Waals surface area contributed by atoms with Crippen molar-refractivity contribution in [3.63, 3.8) is 0 Å². The molecule has 4 heteroatoms. The fraction of sp³-hybridized carbons (Fsp3) is 0.500. The van der Waals surface area contributed by atoms with Crippen molar-refractivity contribution >= 4 is 28.5 Å². The molecular formula is C14H18INO2. The number of carbonyl (C=O) groups excluding carboxylic acids is 1. The Kier molecular flexibility index (Phi) is 4.86. The number of ether oxygens (including phenoxy) is 1. The topological polar surface area (TPSA) is 29.5 Å². The third-order valence-electron chi connectivity index (χ3n) is 3.29. The number of benzene rings is 1. The van der Waals surface area contributed by atoms with Gasteiger partial charge in [-0.25, -0.2) is 0 Å². The summed E-state index contributed by atoms with van der Waals surface area (Å²) in [6, 6.07) is 7.76. The van der Waals surface area contributed by atoms with Crippen LogP contribution < -0.4 is 4.74 Å². The summed E-state index contributed by atoms with van der Waals surface area (Å²) in [6.07, 6.45) is 2.21. The summed E-state index contributed by atoms with van der Waals surface area (Å²) < 4.78 is 6.65. The van der Waals surface area contributed by atoms with E-state index in [9.17, 15) is 4.79 Å². The van der Waals surface area contributed by atoms with Crippen LogP contribution in [0.15, 0.2) is 24.3 Å². The van der Waals surface area contributed by atoms with Gasteiger partial charge in [0.2, 0.25) is 0 Å². The van der Waals surface area contributed by atoms with Gasteiger partial charge in [0.25, 0.3) is 5.91 Å². The number of carbonyl (C=O) groups is 1. The number of nitrogens with zero attached hydrogens (tertiary/aromatic N) is 1. The van der Waals surface area contributed by atoms with E-state index in [4.69, 9.17) is 4.74 Å². The Morgan fingerprint density at radius 2 is 2.17 bits per heavy atom. The molecule has 0 aromatic heterocycles. The summed E-state index contributed by atoms with van der Waals surface area (Å²) in [6.45, 7) is 4.13. The van der Waals surface area contributed by atoms with E-state index in [-0.39, 0.29) is 12.5 Å². The lowest BCUT2D eigenvalue weighted by atomic mass is 9.99. The van der Waals surface area contributed by atoms with Crippen LogP contribution >= 0.6 is 22.6 Å². The SMILES string of the molecule is CC1CCN(C(=O)COc2cccc(I)c2)CC1. The van der Waals surface area contributed by atoms with Crippen LogP contribution in [0.25, 0.3) is 0 Å². The van der Waals surface area contributed by atoms with Gasteiger partial charge in [0.05, 0.1) is 0 Å².